The zero-order chi connectivity index (χ0) is 11.8. The van der Waals surface area contributed by atoms with Crippen molar-refractivity contribution in [2.45, 2.75) is 38.4 Å². The van der Waals surface area contributed by atoms with E-state index >= 15 is 0 Å². The third-order valence-electron chi connectivity index (χ3n) is 4.16. The summed E-state index contributed by atoms with van der Waals surface area (Å²) in [6.07, 6.45) is 3.35. The number of amides is 1. The summed E-state index contributed by atoms with van der Waals surface area (Å²) < 4.78 is 0. The average molecular weight is 230 g/mol. The molecule has 1 aromatic rings. The summed E-state index contributed by atoms with van der Waals surface area (Å²) in [5.41, 5.74) is 8.09. The minimum absolute atomic E-state index is 0.310. The second-order valence-corrected chi connectivity index (χ2v) is 5.10. The Kier molecular flexibility index (Phi) is 2.63. The number of rotatable bonds is 3. The molecule has 2 aliphatic rings. The van der Waals surface area contributed by atoms with Crippen molar-refractivity contribution >= 4 is 5.91 Å². The second-order valence-electron chi connectivity index (χ2n) is 5.10. The van der Waals surface area contributed by atoms with Gasteiger partial charge >= 0.3 is 0 Å². The van der Waals surface area contributed by atoms with Crippen LogP contribution in [0.3, 0.4) is 0 Å². The van der Waals surface area contributed by atoms with Crippen LogP contribution in [0.2, 0.25) is 0 Å². The fourth-order valence-electron chi connectivity index (χ4n) is 3.18. The monoisotopic (exact) mass is 230 g/mol. The van der Waals surface area contributed by atoms with Crippen LogP contribution in [0.1, 0.15) is 30.4 Å². The third kappa shape index (κ3) is 1.75. The van der Waals surface area contributed by atoms with E-state index in [0.29, 0.717) is 24.4 Å². The summed E-state index contributed by atoms with van der Waals surface area (Å²) in [6, 6.07) is 8.64. The molecule has 2 bridgehead atoms. The van der Waals surface area contributed by atoms with Gasteiger partial charge in [-0.2, -0.15) is 0 Å². The standard InChI is InChI=1S/C14H18N2O/c15-8-11-3-1-2-4-12(11)9-16-13-6-5-10(7-13)14(16)17/h1-4,10,13H,5-9,15H2. The molecule has 1 amide bonds. The lowest BCUT2D eigenvalue weighted by Gasteiger charge is -2.27. The maximum atomic E-state index is 12.1. The fourth-order valence-corrected chi connectivity index (χ4v) is 3.18. The molecule has 1 aliphatic carbocycles. The number of fused-ring (bicyclic) bond motifs is 2. The lowest BCUT2D eigenvalue weighted by Crippen LogP contribution is -2.36. The first-order valence-corrected chi connectivity index (χ1v) is 6.37. The summed E-state index contributed by atoms with van der Waals surface area (Å²) in [5, 5.41) is 0. The minimum atomic E-state index is 0.310. The van der Waals surface area contributed by atoms with Crippen molar-refractivity contribution in [1.82, 2.24) is 4.90 Å². The van der Waals surface area contributed by atoms with Crippen LogP contribution < -0.4 is 5.73 Å². The molecule has 3 heteroatoms. The highest BCUT2D eigenvalue weighted by molar-refractivity contribution is 5.82. The van der Waals surface area contributed by atoms with Gasteiger partial charge in [0.25, 0.3) is 0 Å². The molecule has 1 heterocycles. The molecule has 0 radical (unpaired) electrons. The van der Waals surface area contributed by atoms with E-state index in [9.17, 15) is 4.79 Å². The summed E-state index contributed by atoms with van der Waals surface area (Å²) in [6.45, 7) is 1.29. The van der Waals surface area contributed by atoms with E-state index in [2.05, 4.69) is 11.0 Å². The number of likely N-dealkylation sites (tertiary alicyclic amines) is 1. The molecule has 3 rings (SSSR count). The summed E-state index contributed by atoms with van der Waals surface area (Å²) in [4.78, 5) is 14.1. The highest BCUT2D eigenvalue weighted by Gasteiger charge is 2.44. The topological polar surface area (TPSA) is 46.3 Å². The molecule has 17 heavy (non-hydrogen) atoms. The smallest absolute Gasteiger partial charge is 0.226 e. The molecule has 2 atom stereocenters. The number of nitrogens with zero attached hydrogens (tertiary/aromatic N) is 1. The molecular formula is C14H18N2O. The van der Waals surface area contributed by atoms with Crippen LogP contribution in [0.4, 0.5) is 0 Å². The van der Waals surface area contributed by atoms with Gasteiger partial charge in [-0.25, -0.2) is 0 Å². The molecule has 0 aromatic heterocycles. The van der Waals surface area contributed by atoms with Gasteiger partial charge in [0.15, 0.2) is 0 Å². The third-order valence-corrected chi connectivity index (χ3v) is 4.16. The van der Waals surface area contributed by atoms with Gasteiger partial charge < -0.3 is 10.6 Å². The van der Waals surface area contributed by atoms with Gasteiger partial charge in [-0.1, -0.05) is 24.3 Å². The molecule has 2 unspecified atom stereocenters. The number of piperidine rings is 1. The highest BCUT2D eigenvalue weighted by Crippen LogP contribution is 2.39. The van der Waals surface area contributed by atoms with Crippen molar-refractivity contribution in [3.05, 3.63) is 35.4 Å². The maximum Gasteiger partial charge on any atom is 0.226 e. The van der Waals surface area contributed by atoms with Gasteiger partial charge in [0.1, 0.15) is 0 Å². The van der Waals surface area contributed by atoms with Crippen molar-refractivity contribution in [2.24, 2.45) is 11.7 Å². The first-order chi connectivity index (χ1) is 8.29. The van der Waals surface area contributed by atoms with Crippen molar-refractivity contribution < 1.29 is 4.79 Å². The normalized spacial score (nSPS) is 26.9. The second kappa shape index (κ2) is 4.15. The lowest BCUT2D eigenvalue weighted by molar-refractivity contribution is -0.134. The quantitative estimate of drug-likeness (QED) is 0.858. The maximum absolute atomic E-state index is 12.1. The molecule has 1 saturated carbocycles. The van der Waals surface area contributed by atoms with Crippen molar-refractivity contribution in [3.63, 3.8) is 0 Å². The highest BCUT2D eigenvalue weighted by atomic mass is 16.2. The zero-order valence-corrected chi connectivity index (χ0v) is 9.93. The Balaban J connectivity index is 1.81. The number of hydrogen-bond acceptors (Lipinski definition) is 2. The summed E-state index contributed by atoms with van der Waals surface area (Å²) >= 11 is 0. The van der Waals surface area contributed by atoms with Crippen LogP contribution in [0.25, 0.3) is 0 Å². The Hall–Kier alpha value is -1.35. The van der Waals surface area contributed by atoms with E-state index in [4.69, 9.17) is 5.73 Å². The van der Waals surface area contributed by atoms with Gasteiger partial charge in [0.05, 0.1) is 0 Å². The Morgan fingerprint density at radius 3 is 2.65 bits per heavy atom. The number of carbonyl (C=O) groups excluding carboxylic acids is 1. The van der Waals surface area contributed by atoms with Crippen molar-refractivity contribution in [1.29, 1.82) is 0 Å². The molecule has 1 aromatic carbocycles. The Labute approximate surface area is 102 Å². The predicted molar refractivity (Wildman–Crippen MR) is 66.0 cm³/mol. The van der Waals surface area contributed by atoms with E-state index in [-0.39, 0.29) is 0 Å². The number of nitrogens with two attached hydrogens (primary N) is 1. The molecule has 2 fully saturated rings. The summed E-state index contributed by atoms with van der Waals surface area (Å²) in [7, 11) is 0. The Bertz CT molecular complexity index is 444. The van der Waals surface area contributed by atoms with Gasteiger partial charge in [0.2, 0.25) is 5.91 Å². The van der Waals surface area contributed by atoms with Crippen molar-refractivity contribution in [3.8, 4) is 0 Å². The molecule has 1 aliphatic heterocycles. The number of carbonyl (C=O) groups is 1. The number of hydrogen-bond donors (Lipinski definition) is 1. The van der Waals surface area contributed by atoms with Crippen LogP contribution in [0.15, 0.2) is 24.3 Å². The van der Waals surface area contributed by atoms with Gasteiger partial charge in [0, 0.05) is 25.0 Å². The molecule has 0 spiro atoms. The Morgan fingerprint density at radius 1 is 1.24 bits per heavy atom. The van der Waals surface area contributed by atoms with E-state index < -0.39 is 0 Å². The van der Waals surface area contributed by atoms with Crippen LogP contribution in [-0.4, -0.2) is 16.8 Å². The summed E-state index contributed by atoms with van der Waals surface area (Å²) in [5.74, 6) is 0.665. The van der Waals surface area contributed by atoms with Gasteiger partial charge in [-0.3, -0.25) is 4.79 Å². The van der Waals surface area contributed by atoms with Crippen LogP contribution in [0, 0.1) is 5.92 Å². The van der Waals surface area contributed by atoms with Crippen LogP contribution in [0.5, 0.6) is 0 Å². The molecule has 90 valence electrons. The lowest BCUT2D eigenvalue weighted by atomic mass is 10.0. The van der Waals surface area contributed by atoms with E-state index in [1.165, 1.54) is 12.0 Å². The average Bonchev–Trinajstić information content (AvgIpc) is 2.93. The predicted octanol–water partition coefficient (Wildman–Crippen LogP) is 1.66. The largest absolute Gasteiger partial charge is 0.335 e. The minimum Gasteiger partial charge on any atom is -0.335 e. The molecule has 1 saturated heterocycles. The van der Waals surface area contributed by atoms with E-state index in [1.54, 1.807) is 0 Å². The van der Waals surface area contributed by atoms with Gasteiger partial charge in [-0.05, 0) is 30.4 Å². The number of benzene rings is 1. The molecule has 2 N–H and O–H groups in total. The first kappa shape index (κ1) is 10.8. The SMILES string of the molecule is NCc1ccccc1CN1C(=O)C2CCC1C2. The first-order valence-electron chi connectivity index (χ1n) is 6.37. The zero-order valence-electron chi connectivity index (χ0n) is 9.93. The molecular weight excluding hydrogens is 212 g/mol. The van der Waals surface area contributed by atoms with Crippen LogP contribution >= 0.6 is 0 Å². The fraction of sp³-hybridized carbons (Fsp3) is 0.500. The van der Waals surface area contributed by atoms with E-state index in [0.717, 1.165) is 24.9 Å². The van der Waals surface area contributed by atoms with E-state index in [1.807, 2.05) is 18.2 Å². The van der Waals surface area contributed by atoms with Gasteiger partial charge in [-0.15, -0.1) is 0 Å². The Morgan fingerprint density at radius 2 is 2.00 bits per heavy atom. The molecule has 3 nitrogen and oxygen atoms in total. The van der Waals surface area contributed by atoms with Crippen LogP contribution in [-0.2, 0) is 17.9 Å². The van der Waals surface area contributed by atoms with Crippen molar-refractivity contribution in [2.75, 3.05) is 0 Å².